The number of aliphatic hydroxyl groups is 1. The predicted molar refractivity (Wildman–Crippen MR) is 122 cm³/mol. The Labute approximate surface area is 191 Å². The van der Waals surface area contributed by atoms with Crippen molar-refractivity contribution in [2.45, 2.75) is 78.5 Å². The van der Waals surface area contributed by atoms with Crippen LogP contribution in [0, 0.1) is 10.8 Å². The fourth-order valence-electron chi connectivity index (χ4n) is 5.07. The first kappa shape index (κ1) is 24.6. The molecule has 0 aliphatic carbocycles. The van der Waals surface area contributed by atoms with Crippen LogP contribution in [-0.4, -0.2) is 87.1 Å². The summed E-state index contributed by atoms with van der Waals surface area (Å²) < 4.78 is 1.64. The van der Waals surface area contributed by atoms with Crippen molar-refractivity contribution in [3.8, 4) is 0 Å². The quantitative estimate of drug-likeness (QED) is 0.679. The Morgan fingerprint density at radius 3 is 2.69 bits per heavy atom. The molecule has 3 atom stereocenters. The molecule has 2 N–H and O–H groups in total. The maximum absolute atomic E-state index is 13.6. The summed E-state index contributed by atoms with van der Waals surface area (Å²) >= 11 is 0. The summed E-state index contributed by atoms with van der Waals surface area (Å²) in [7, 11) is 1.55. The van der Waals surface area contributed by atoms with Gasteiger partial charge in [-0.1, -0.05) is 39.8 Å². The average molecular weight is 449 g/mol. The largest absolute Gasteiger partial charge is 0.391 e. The first-order chi connectivity index (χ1) is 14.9. The van der Waals surface area contributed by atoms with Crippen LogP contribution in [0.5, 0.6) is 0 Å². The Bertz CT molecular complexity index is 815. The number of carbonyl (C=O) groups is 2. The topological polar surface area (TPSA) is 104 Å². The van der Waals surface area contributed by atoms with E-state index in [0.717, 1.165) is 31.7 Å². The van der Waals surface area contributed by atoms with Gasteiger partial charge in [0.15, 0.2) is 0 Å². The van der Waals surface area contributed by atoms with E-state index in [2.05, 4.69) is 34.4 Å². The molecule has 3 rings (SSSR count). The third-order valence-electron chi connectivity index (χ3n) is 6.65. The van der Waals surface area contributed by atoms with Gasteiger partial charge in [0.25, 0.3) is 0 Å². The van der Waals surface area contributed by atoms with Crippen LogP contribution in [0.3, 0.4) is 0 Å². The van der Waals surface area contributed by atoms with Crippen molar-refractivity contribution in [1.29, 1.82) is 0 Å². The van der Waals surface area contributed by atoms with Crippen LogP contribution in [0.25, 0.3) is 0 Å². The predicted octanol–water partition coefficient (Wildman–Crippen LogP) is 1.24. The van der Waals surface area contributed by atoms with Crippen molar-refractivity contribution >= 4 is 11.8 Å². The van der Waals surface area contributed by atoms with Gasteiger partial charge >= 0.3 is 0 Å². The van der Waals surface area contributed by atoms with Gasteiger partial charge in [0, 0.05) is 45.7 Å². The number of carbonyl (C=O) groups excluding carboxylic acids is 2. The molecular formula is C23H40N6O3. The number of likely N-dealkylation sites (tertiary alicyclic amines) is 2. The third-order valence-corrected chi connectivity index (χ3v) is 6.65. The summed E-state index contributed by atoms with van der Waals surface area (Å²) in [6.45, 7) is 13.8. The van der Waals surface area contributed by atoms with E-state index in [1.807, 2.05) is 27.0 Å². The van der Waals surface area contributed by atoms with Crippen molar-refractivity contribution in [3.63, 3.8) is 0 Å². The summed E-state index contributed by atoms with van der Waals surface area (Å²) in [6, 6.07) is -1.28. The number of hydrogen-bond donors (Lipinski definition) is 2. The van der Waals surface area contributed by atoms with Crippen LogP contribution >= 0.6 is 0 Å². The van der Waals surface area contributed by atoms with Crippen molar-refractivity contribution in [3.05, 3.63) is 11.9 Å². The highest BCUT2D eigenvalue weighted by Crippen LogP contribution is 2.34. The maximum atomic E-state index is 13.6. The number of hydrogen-bond acceptors (Lipinski definition) is 6. The number of amides is 2. The highest BCUT2D eigenvalue weighted by Gasteiger charge is 2.45. The Kier molecular flexibility index (Phi) is 7.29. The smallest absolute Gasteiger partial charge is 0.248 e. The minimum absolute atomic E-state index is 0.149. The molecule has 1 aromatic rings. The SMILES string of the molecule is CNC(=O)C1CC(O)CN1C(=O)[C@@H](n1cc(CCN2CCCC(C)(C)C2)nn1)C(C)(C)C. The molecule has 0 bridgehead atoms. The summed E-state index contributed by atoms with van der Waals surface area (Å²) in [5, 5.41) is 21.4. The molecule has 180 valence electrons. The van der Waals surface area contributed by atoms with Crippen LogP contribution < -0.4 is 5.32 Å². The van der Waals surface area contributed by atoms with E-state index in [1.54, 1.807) is 11.7 Å². The normalized spacial score (nSPS) is 25.0. The molecule has 9 heteroatoms. The van der Waals surface area contributed by atoms with Gasteiger partial charge < -0.3 is 20.2 Å². The zero-order valence-electron chi connectivity index (χ0n) is 20.5. The van der Waals surface area contributed by atoms with E-state index in [9.17, 15) is 14.7 Å². The molecule has 9 nitrogen and oxygen atoms in total. The Balaban J connectivity index is 1.74. The Hall–Kier alpha value is -2.00. The molecule has 2 amide bonds. The number of nitrogens with one attached hydrogen (secondary N) is 1. The lowest BCUT2D eigenvalue weighted by atomic mass is 9.84. The summed E-state index contributed by atoms with van der Waals surface area (Å²) in [5.74, 6) is -0.469. The average Bonchev–Trinajstić information content (AvgIpc) is 3.30. The summed E-state index contributed by atoms with van der Waals surface area (Å²) in [6.07, 6.45) is 4.67. The fraction of sp³-hybridized carbons (Fsp3) is 0.826. The first-order valence-corrected chi connectivity index (χ1v) is 11.7. The van der Waals surface area contributed by atoms with E-state index in [0.29, 0.717) is 5.41 Å². The molecular weight excluding hydrogens is 408 g/mol. The number of likely N-dealkylation sites (N-methyl/N-ethyl adjacent to an activating group) is 1. The zero-order valence-corrected chi connectivity index (χ0v) is 20.5. The van der Waals surface area contributed by atoms with Gasteiger partial charge in [0.05, 0.1) is 11.8 Å². The second-order valence-corrected chi connectivity index (χ2v) is 11.3. The van der Waals surface area contributed by atoms with E-state index in [-0.39, 0.29) is 24.8 Å². The lowest BCUT2D eigenvalue weighted by Gasteiger charge is -2.37. The lowest BCUT2D eigenvalue weighted by molar-refractivity contribution is -0.144. The van der Waals surface area contributed by atoms with Gasteiger partial charge in [-0.05, 0) is 30.2 Å². The molecule has 0 radical (unpaired) electrons. The second-order valence-electron chi connectivity index (χ2n) is 11.3. The van der Waals surface area contributed by atoms with Crippen LogP contribution in [0.2, 0.25) is 0 Å². The van der Waals surface area contributed by atoms with Crippen molar-refractivity contribution < 1.29 is 14.7 Å². The first-order valence-electron chi connectivity index (χ1n) is 11.7. The number of aromatic nitrogens is 3. The zero-order chi connectivity index (χ0) is 23.7. The van der Waals surface area contributed by atoms with Gasteiger partial charge in [-0.25, -0.2) is 4.68 Å². The molecule has 2 unspecified atom stereocenters. The molecule has 2 saturated heterocycles. The molecule has 1 aromatic heterocycles. The molecule has 2 aliphatic heterocycles. The number of nitrogens with zero attached hydrogens (tertiary/aromatic N) is 5. The van der Waals surface area contributed by atoms with Crippen LogP contribution in [0.15, 0.2) is 6.20 Å². The van der Waals surface area contributed by atoms with Crippen LogP contribution in [-0.2, 0) is 16.0 Å². The van der Waals surface area contributed by atoms with Gasteiger partial charge in [0.1, 0.15) is 12.1 Å². The van der Waals surface area contributed by atoms with Crippen molar-refractivity contribution in [2.75, 3.05) is 33.2 Å². The molecule has 0 spiro atoms. The van der Waals surface area contributed by atoms with E-state index < -0.39 is 23.6 Å². The highest BCUT2D eigenvalue weighted by molar-refractivity contribution is 5.90. The minimum Gasteiger partial charge on any atom is -0.391 e. The summed E-state index contributed by atoms with van der Waals surface area (Å²) in [5.41, 5.74) is 0.765. The van der Waals surface area contributed by atoms with Gasteiger partial charge in [-0.2, -0.15) is 0 Å². The van der Waals surface area contributed by atoms with Gasteiger partial charge in [-0.3, -0.25) is 9.59 Å². The number of β-amino-alcohol motifs (C(OH)–C–C–N with tert-alkyl or cyclic N) is 1. The molecule has 2 fully saturated rings. The van der Waals surface area contributed by atoms with Gasteiger partial charge in [-0.15, -0.1) is 5.10 Å². The van der Waals surface area contributed by atoms with Crippen LogP contribution in [0.1, 0.15) is 65.6 Å². The van der Waals surface area contributed by atoms with Crippen molar-refractivity contribution in [2.24, 2.45) is 10.8 Å². The number of aliphatic hydroxyl groups excluding tert-OH is 1. The Morgan fingerprint density at radius 2 is 2.06 bits per heavy atom. The molecule has 0 saturated carbocycles. The fourth-order valence-corrected chi connectivity index (χ4v) is 5.07. The lowest BCUT2D eigenvalue weighted by Crippen LogP contribution is -2.49. The van der Waals surface area contributed by atoms with E-state index in [4.69, 9.17) is 0 Å². The second kappa shape index (κ2) is 9.47. The van der Waals surface area contributed by atoms with Crippen molar-refractivity contribution in [1.82, 2.24) is 30.1 Å². The molecule has 3 heterocycles. The molecule has 2 aliphatic rings. The van der Waals surface area contributed by atoms with Gasteiger partial charge in [0.2, 0.25) is 11.8 Å². The number of piperidine rings is 1. The summed E-state index contributed by atoms with van der Waals surface area (Å²) in [4.78, 5) is 29.9. The minimum atomic E-state index is -0.707. The third kappa shape index (κ3) is 5.67. The van der Waals surface area contributed by atoms with E-state index >= 15 is 0 Å². The molecule has 32 heavy (non-hydrogen) atoms. The number of rotatable bonds is 6. The Morgan fingerprint density at radius 1 is 1.34 bits per heavy atom. The van der Waals surface area contributed by atoms with Crippen LogP contribution in [0.4, 0.5) is 0 Å². The standard InChI is InChI=1S/C23H40N6O3/c1-22(2,3)19(21(32)28-14-17(30)12-18(28)20(31)24-6)29-13-16(25-26-29)8-11-27-10-7-9-23(4,5)15-27/h13,17-19,30H,7-12,14-15H2,1-6H3,(H,24,31)/t17?,18?,19-/m1/s1. The monoisotopic (exact) mass is 448 g/mol. The molecule has 0 aromatic carbocycles. The highest BCUT2D eigenvalue weighted by atomic mass is 16.3. The van der Waals surface area contributed by atoms with E-state index in [1.165, 1.54) is 17.7 Å². The maximum Gasteiger partial charge on any atom is 0.248 e.